The van der Waals surface area contributed by atoms with Crippen LogP contribution >= 0.6 is 11.8 Å². The van der Waals surface area contributed by atoms with Crippen LogP contribution in [0.25, 0.3) is 0 Å². The van der Waals surface area contributed by atoms with E-state index >= 15 is 0 Å². The molecule has 0 radical (unpaired) electrons. The molecule has 0 saturated carbocycles. The average Bonchev–Trinajstić information content (AvgIpc) is 2.73. The molecule has 1 aliphatic rings. The van der Waals surface area contributed by atoms with Crippen LogP contribution in [-0.4, -0.2) is 33.2 Å². The van der Waals surface area contributed by atoms with Gasteiger partial charge in [-0.15, -0.1) is 0 Å². The molecule has 0 aliphatic carbocycles. The van der Waals surface area contributed by atoms with E-state index in [1.807, 2.05) is 11.8 Å². The lowest BCUT2D eigenvalue weighted by molar-refractivity contribution is 0.743. The Kier molecular flexibility index (Phi) is 7.77. The molecule has 0 N–H and O–H groups in total. The number of nitrogens with zero attached hydrogens (tertiary/aromatic N) is 3. The van der Waals surface area contributed by atoms with Crippen LogP contribution in [0.3, 0.4) is 0 Å². The summed E-state index contributed by atoms with van der Waals surface area (Å²) in [6.45, 7) is 13.5. The Morgan fingerprint density at radius 2 is 1.03 bits per heavy atom. The Morgan fingerprint density at radius 1 is 0.655 bits per heavy atom. The second-order valence-corrected chi connectivity index (χ2v) is 9.02. The predicted octanol–water partition coefficient (Wildman–Crippen LogP) is 7.17. The van der Waals surface area contributed by atoms with Gasteiger partial charge in [-0.05, 0) is 62.1 Å². The molecule has 1 heterocycles. The van der Waals surface area contributed by atoms with Crippen molar-refractivity contribution in [1.82, 2.24) is 0 Å². The Balaban J connectivity index is 1.92. The monoisotopic (exact) mass is 411 g/mol. The van der Waals surface area contributed by atoms with Gasteiger partial charge in [0.25, 0.3) is 0 Å². The quantitative estimate of drug-likeness (QED) is 0.410. The molecule has 2 aromatic carbocycles. The summed E-state index contributed by atoms with van der Waals surface area (Å²) in [5.41, 5.74) is 5.33. The minimum Gasteiger partial charge on any atom is -0.372 e. The van der Waals surface area contributed by atoms with E-state index < -0.39 is 0 Å². The van der Waals surface area contributed by atoms with Crippen LogP contribution in [0.4, 0.5) is 22.7 Å². The zero-order valence-electron chi connectivity index (χ0n) is 18.9. The van der Waals surface area contributed by atoms with E-state index in [9.17, 15) is 0 Å². The van der Waals surface area contributed by atoms with Gasteiger partial charge < -0.3 is 14.7 Å². The van der Waals surface area contributed by atoms with Crippen LogP contribution in [-0.2, 0) is 0 Å². The SMILES string of the molecule is CCCN(CCC)c1ccc2c(c1)Sc1cc(N(CCC)CCC)ccc1N2C. The highest BCUT2D eigenvalue weighted by atomic mass is 32.2. The molecule has 0 saturated heterocycles. The highest BCUT2D eigenvalue weighted by Gasteiger charge is 2.23. The summed E-state index contributed by atoms with van der Waals surface area (Å²) >= 11 is 1.93. The van der Waals surface area contributed by atoms with Crippen molar-refractivity contribution in [2.45, 2.75) is 63.2 Å². The molecule has 0 bridgehead atoms. The van der Waals surface area contributed by atoms with Crippen molar-refractivity contribution in [3.63, 3.8) is 0 Å². The topological polar surface area (TPSA) is 9.72 Å². The summed E-state index contributed by atoms with van der Waals surface area (Å²) in [4.78, 5) is 10.1. The van der Waals surface area contributed by atoms with E-state index in [2.05, 4.69) is 85.8 Å². The third-order valence-electron chi connectivity index (χ3n) is 5.53. The third-order valence-corrected chi connectivity index (χ3v) is 6.63. The standard InChI is InChI=1S/C25H37N3S/c1-6-14-27(15-7-2)20-10-12-22-24(18-20)29-25-19-21(11-13-23(25)26(22)5)28(16-8-3)17-9-4/h10-13,18-19H,6-9,14-17H2,1-5H3. The van der Waals surface area contributed by atoms with Gasteiger partial charge in [0.05, 0.1) is 11.4 Å². The lowest BCUT2D eigenvalue weighted by atomic mass is 10.2. The Hall–Kier alpha value is -1.81. The van der Waals surface area contributed by atoms with E-state index in [1.165, 1.54) is 58.2 Å². The zero-order chi connectivity index (χ0) is 20.8. The summed E-state index contributed by atoms with van der Waals surface area (Å²) in [5, 5.41) is 0. The van der Waals surface area contributed by atoms with E-state index in [1.54, 1.807) is 0 Å². The molecule has 0 fully saturated rings. The highest BCUT2D eigenvalue weighted by Crippen LogP contribution is 2.49. The molecule has 0 atom stereocenters. The Labute approximate surface area is 182 Å². The lowest BCUT2D eigenvalue weighted by Crippen LogP contribution is -2.25. The van der Waals surface area contributed by atoms with Crippen molar-refractivity contribution in [3.8, 4) is 0 Å². The molecule has 3 nitrogen and oxygen atoms in total. The molecule has 2 aromatic rings. The molecule has 3 rings (SSSR count). The van der Waals surface area contributed by atoms with Gasteiger partial charge in [-0.25, -0.2) is 0 Å². The second kappa shape index (κ2) is 10.3. The van der Waals surface area contributed by atoms with E-state index in [4.69, 9.17) is 0 Å². The average molecular weight is 412 g/mol. The molecule has 158 valence electrons. The lowest BCUT2D eigenvalue weighted by Gasteiger charge is -2.33. The van der Waals surface area contributed by atoms with Gasteiger partial charge in [0.1, 0.15) is 0 Å². The molecule has 0 aromatic heterocycles. The summed E-state index contributed by atoms with van der Waals surface area (Å²) in [5.74, 6) is 0. The maximum Gasteiger partial charge on any atom is 0.0551 e. The van der Waals surface area contributed by atoms with Crippen molar-refractivity contribution >= 4 is 34.5 Å². The summed E-state index contributed by atoms with van der Waals surface area (Å²) in [6.07, 6.45) is 4.73. The van der Waals surface area contributed by atoms with Gasteiger partial charge in [-0.1, -0.05) is 39.5 Å². The van der Waals surface area contributed by atoms with Crippen LogP contribution in [0.15, 0.2) is 46.2 Å². The van der Waals surface area contributed by atoms with Gasteiger partial charge in [-0.2, -0.15) is 0 Å². The molecule has 29 heavy (non-hydrogen) atoms. The Bertz CT molecular complexity index is 727. The number of fused-ring (bicyclic) bond motifs is 2. The molecule has 4 heteroatoms. The first-order valence-corrected chi connectivity index (χ1v) is 12.1. The number of hydrogen-bond acceptors (Lipinski definition) is 4. The first-order valence-electron chi connectivity index (χ1n) is 11.3. The largest absolute Gasteiger partial charge is 0.372 e. The predicted molar refractivity (Wildman–Crippen MR) is 131 cm³/mol. The van der Waals surface area contributed by atoms with Crippen LogP contribution in [0.5, 0.6) is 0 Å². The maximum absolute atomic E-state index is 2.52. The van der Waals surface area contributed by atoms with Gasteiger partial charge >= 0.3 is 0 Å². The third kappa shape index (κ3) is 4.85. The normalized spacial score (nSPS) is 12.5. The van der Waals surface area contributed by atoms with E-state index in [0.29, 0.717) is 0 Å². The number of benzene rings is 2. The number of rotatable bonds is 10. The number of anilines is 4. The van der Waals surface area contributed by atoms with Crippen LogP contribution in [0.1, 0.15) is 53.4 Å². The van der Waals surface area contributed by atoms with Crippen LogP contribution in [0.2, 0.25) is 0 Å². The van der Waals surface area contributed by atoms with Gasteiger partial charge in [0, 0.05) is 54.4 Å². The molecular weight excluding hydrogens is 374 g/mol. The minimum atomic E-state index is 1.12. The molecule has 0 spiro atoms. The maximum atomic E-state index is 2.52. The van der Waals surface area contributed by atoms with Crippen LogP contribution in [0, 0.1) is 0 Å². The first-order chi connectivity index (χ1) is 14.1. The highest BCUT2D eigenvalue weighted by molar-refractivity contribution is 7.99. The molecule has 1 aliphatic heterocycles. The minimum absolute atomic E-state index is 1.12. The van der Waals surface area contributed by atoms with Crippen molar-refractivity contribution in [3.05, 3.63) is 36.4 Å². The van der Waals surface area contributed by atoms with Gasteiger partial charge in [0.2, 0.25) is 0 Å². The van der Waals surface area contributed by atoms with Crippen molar-refractivity contribution < 1.29 is 0 Å². The fourth-order valence-corrected chi connectivity index (χ4v) is 5.40. The Morgan fingerprint density at radius 3 is 1.38 bits per heavy atom. The summed E-state index contributed by atoms with van der Waals surface area (Å²) < 4.78 is 0. The fourth-order valence-electron chi connectivity index (χ4n) is 4.18. The van der Waals surface area contributed by atoms with E-state index in [0.717, 1.165) is 26.2 Å². The molecule has 0 amide bonds. The summed E-state index contributed by atoms with van der Waals surface area (Å²) in [7, 11) is 2.20. The molecular formula is C25H37N3S. The smallest absolute Gasteiger partial charge is 0.0551 e. The number of hydrogen-bond donors (Lipinski definition) is 0. The molecule has 0 unspecified atom stereocenters. The fraction of sp³-hybridized carbons (Fsp3) is 0.520. The van der Waals surface area contributed by atoms with Crippen molar-refractivity contribution in [1.29, 1.82) is 0 Å². The van der Waals surface area contributed by atoms with Crippen LogP contribution < -0.4 is 14.7 Å². The van der Waals surface area contributed by atoms with Gasteiger partial charge in [0.15, 0.2) is 0 Å². The van der Waals surface area contributed by atoms with Gasteiger partial charge in [-0.3, -0.25) is 0 Å². The zero-order valence-corrected chi connectivity index (χ0v) is 19.7. The van der Waals surface area contributed by atoms with E-state index in [-0.39, 0.29) is 0 Å². The second-order valence-electron chi connectivity index (χ2n) is 7.94. The summed E-state index contributed by atoms with van der Waals surface area (Å²) in [6, 6.07) is 14.0. The first kappa shape index (κ1) is 21.9. The van der Waals surface area contributed by atoms with Crippen molar-refractivity contribution in [2.75, 3.05) is 47.9 Å². The van der Waals surface area contributed by atoms with Crippen molar-refractivity contribution in [2.24, 2.45) is 0 Å².